The average Bonchev–Trinajstić information content (AvgIpc) is 3.37. The van der Waals surface area contributed by atoms with E-state index < -0.39 is 22.8 Å². The van der Waals surface area contributed by atoms with Crippen LogP contribution in [0.3, 0.4) is 0 Å². The number of anilines is 1. The number of nitrogens with one attached hydrogen (secondary N) is 2. The average molecular weight is 466 g/mol. The molecule has 9 nitrogen and oxygen atoms in total. The highest BCUT2D eigenvalue weighted by Gasteiger charge is 2.27. The van der Waals surface area contributed by atoms with E-state index in [2.05, 4.69) is 20.8 Å². The third-order valence-corrected chi connectivity index (χ3v) is 5.95. The zero-order valence-electron chi connectivity index (χ0n) is 15.8. The number of nitrogens with zero attached hydrogens (tertiary/aromatic N) is 3. The third-order valence-electron chi connectivity index (χ3n) is 4.07. The molecule has 0 aliphatic carbocycles. The summed E-state index contributed by atoms with van der Waals surface area (Å²) in [6.07, 6.45) is 0. The molecule has 0 radical (unpaired) electrons. The van der Waals surface area contributed by atoms with Crippen LogP contribution >= 0.6 is 34.3 Å². The van der Waals surface area contributed by atoms with E-state index in [1.54, 1.807) is 13.8 Å². The zero-order chi connectivity index (χ0) is 21.8. The third kappa shape index (κ3) is 4.99. The predicted octanol–water partition coefficient (Wildman–Crippen LogP) is 4.22. The number of carbonyl (C=O) groups is 2. The fourth-order valence-corrected chi connectivity index (χ4v) is 4.23. The molecule has 1 atom stereocenters. The fourth-order valence-electron chi connectivity index (χ4n) is 2.52. The molecule has 2 N–H and O–H groups in total. The van der Waals surface area contributed by atoms with Gasteiger partial charge in [0.05, 0.1) is 15.5 Å². The monoisotopic (exact) mass is 465 g/mol. The summed E-state index contributed by atoms with van der Waals surface area (Å²) in [6.45, 7) is 3.55. The van der Waals surface area contributed by atoms with Gasteiger partial charge in [-0.3, -0.25) is 25.0 Å². The van der Waals surface area contributed by atoms with E-state index in [9.17, 15) is 19.7 Å². The number of rotatable bonds is 7. The molecule has 0 aliphatic heterocycles. The molecule has 0 saturated heterocycles. The number of nitro benzene ring substituents is 1. The number of nitro groups is 1. The van der Waals surface area contributed by atoms with Gasteiger partial charge in [-0.25, -0.2) is 0 Å². The summed E-state index contributed by atoms with van der Waals surface area (Å²) < 4.78 is 0. The van der Waals surface area contributed by atoms with E-state index in [1.165, 1.54) is 34.8 Å². The van der Waals surface area contributed by atoms with Crippen LogP contribution in [0.1, 0.15) is 24.2 Å². The molecule has 2 aromatic heterocycles. The molecule has 0 fully saturated rings. The number of carbonyl (C=O) groups excluding carboxylic acids is 2. The normalized spacial score (nSPS) is 11.9. The van der Waals surface area contributed by atoms with Crippen molar-refractivity contribution in [3.05, 3.63) is 55.7 Å². The van der Waals surface area contributed by atoms with Crippen molar-refractivity contribution in [1.82, 2.24) is 15.5 Å². The van der Waals surface area contributed by atoms with Crippen LogP contribution in [0.25, 0.3) is 10.6 Å². The lowest BCUT2D eigenvalue weighted by Crippen LogP contribution is -2.47. The second kappa shape index (κ2) is 9.28. The molecule has 3 aromatic rings. The van der Waals surface area contributed by atoms with Gasteiger partial charge in [0.2, 0.25) is 11.0 Å². The van der Waals surface area contributed by atoms with Crippen LogP contribution in [0.2, 0.25) is 5.02 Å². The van der Waals surface area contributed by atoms with E-state index in [-0.39, 0.29) is 22.2 Å². The summed E-state index contributed by atoms with van der Waals surface area (Å²) >= 11 is 8.77. The maximum absolute atomic E-state index is 12.7. The molecule has 0 spiro atoms. The van der Waals surface area contributed by atoms with Crippen molar-refractivity contribution in [3.8, 4) is 10.6 Å². The predicted molar refractivity (Wildman–Crippen MR) is 116 cm³/mol. The molecular formula is C18H16ClN5O4S2. The Kier molecular flexibility index (Phi) is 6.75. The minimum atomic E-state index is -0.878. The van der Waals surface area contributed by atoms with Crippen molar-refractivity contribution in [2.24, 2.45) is 5.92 Å². The van der Waals surface area contributed by atoms with Gasteiger partial charge >= 0.3 is 0 Å². The molecule has 1 unspecified atom stereocenters. The van der Waals surface area contributed by atoms with Gasteiger partial charge in [0.25, 0.3) is 11.6 Å². The number of amides is 2. The second-order valence-electron chi connectivity index (χ2n) is 6.53. The lowest BCUT2D eigenvalue weighted by atomic mass is 10.0. The largest absolute Gasteiger partial charge is 0.340 e. The Morgan fingerprint density at radius 2 is 2.00 bits per heavy atom. The zero-order valence-corrected chi connectivity index (χ0v) is 18.2. The SMILES string of the molecule is CC(C)C(NC(=O)c1ccc([N+](=O)[O-])cc1Cl)C(=O)Nc1nnc(-c2ccsc2)s1. The first-order chi connectivity index (χ1) is 14.3. The van der Waals surface area contributed by atoms with Crippen LogP contribution in [0.5, 0.6) is 0 Å². The highest BCUT2D eigenvalue weighted by molar-refractivity contribution is 7.19. The Labute approximate surface area is 184 Å². The van der Waals surface area contributed by atoms with Gasteiger partial charge in [-0.05, 0) is 23.4 Å². The molecule has 12 heteroatoms. The summed E-state index contributed by atoms with van der Waals surface area (Å²) in [6, 6.07) is 4.55. The van der Waals surface area contributed by atoms with E-state index >= 15 is 0 Å². The van der Waals surface area contributed by atoms with Gasteiger partial charge in [-0.2, -0.15) is 11.3 Å². The molecule has 3 rings (SSSR count). The molecule has 0 saturated carbocycles. The Morgan fingerprint density at radius 3 is 2.60 bits per heavy atom. The Bertz CT molecular complexity index is 1080. The summed E-state index contributed by atoms with van der Waals surface area (Å²) in [4.78, 5) is 35.6. The molecule has 156 valence electrons. The first-order valence-electron chi connectivity index (χ1n) is 8.68. The minimum Gasteiger partial charge on any atom is -0.340 e. The number of halogens is 1. The van der Waals surface area contributed by atoms with Crippen molar-refractivity contribution in [1.29, 1.82) is 0 Å². The maximum Gasteiger partial charge on any atom is 0.270 e. The van der Waals surface area contributed by atoms with E-state index in [4.69, 9.17) is 11.6 Å². The van der Waals surface area contributed by atoms with Gasteiger partial charge in [0.15, 0.2) is 0 Å². The van der Waals surface area contributed by atoms with Crippen molar-refractivity contribution in [2.45, 2.75) is 19.9 Å². The summed E-state index contributed by atoms with van der Waals surface area (Å²) in [5, 5.41) is 28.9. The van der Waals surface area contributed by atoms with E-state index in [0.717, 1.165) is 11.6 Å². The Balaban J connectivity index is 1.72. The van der Waals surface area contributed by atoms with Crippen molar-refractivity contribution < 1.29 is 14.5 Å². The quantitative estimate of drug-likeness (QED) is 0.397. The smallest absolute Gasteiger partial charge is 0.270 e. The van der Waals surface area contributed by atoms with Gasteiger partial charge in [-0.1, -0.05) is 36.8 Å². The van der Waals surface area contributed by atoms with E-state index in [1.807, 2.05) is 16.8 Å². The van der Waals surface area contributed by atoms with Gasteiger partial charge in [0.1, 0.15) is 11.0 Å². The number of hydrogen-bond acceptors (Lipinski definition) is 8. The molecule has 2 heterocycles. The second-order valence-corrected chi connectivity index (χ2v) is 8.69. The van der Waals surface area contributed by atoms with Crippen LogP contribution in [0.15, 0.2) is 35.0 Å². The number of benzene rings is 1. The Morgan fingerprint density at radius 1 is 1.23 bits per heavy atom. The number of aromatic nitrogens is 2. The highest BCUT2D eigenvalue weighted by atomic mass is 35.5. The number of hydrogen-bond donors (Lipinski definition) is 2. The van der Waals surface area contributed by atoms with Crippen molar-refractivity contribution in [2.75, 3.05) is 5.32 Å². The summed E-state index contributed by atoms with van der Waals surface area (Å²) in [5.41, 5.74) is 0.725. The lowest BCUT2D eigenvalue weighted by molar-refractivity contribution is -0.384. The maximum atomic E-state index is 12.7. The molecular weight excluding hydrogens is 450 g/mol. The first kappa shape index (κ1) is 21.8. The van der Waals surface area contributed by atoms with Crippen LogP contribution in [-0.4, -0.2) is 33.0 Å². The molecule has 0 aliphatic rings. The van der Waals surface area contributed by atoms with Crippen molar-refractivity contribution in [3.63, 3.8) is 0 Å². The molecule has 2 amide bonds. The number of thiophene rings is 1. The van der Waals surface area contributed by atoms with Crippen LogP contribution in [-0.2, 0) is 4.79 Å². The summed E-state index contributed by atoms with van der Waals surface area (Å²) in [5.74, 6) is -1.31. The van der Waals surface area contributed by atoms with Gasteiger partial charge in [0, 0.05) is 23.1 Å². The van der Waals surface area contributed by atoms with Crippen LogP contribution in [0.4, 0.5) is 10.8 Å². The van der Waals surface area contributed by atoms with Crippen molar-refractivity contribution >= 4 is 56.9 Å². The first-order valence-corrected chi connectivity index (χ1v) is 10.8. The standard InChI is InChI=1S/C18H16ClN5O4S2/c1-9(2)14(20-15(25)12-4-3-11(24(27)28)7-13(12)19)16(26)21-18-23-22-17(30-18)10-5-6-29-8-10/h3-9,14H,1-2H3,(H,20,25)(H,21,23,26). The van der Waals surface area contributed by atoms with Crippen LogP contribution in [0, 0.1) is 16.0 Å². The molecule has 0 bridgehead atoms. The number of non-ortho nitro benzene ring substituents is 1. The lowest BCUT2D eigenvalue weighted by Gasteiger charge is -2.21. The highest BCUT2D eigenvalue weighted by Crippen LogP contribution is 2.28. The molecule has 1 aromatic carbocycles. The van der Waals surface area contributed by atoms with E-state index in [0.29, 0.717) is 10.1 Å². The van der Waals surface area contributed by atoms with Gasteiger partial charge in [-0.15, -0.1) is 10.2 Å². The minimum absolute atomic E-state index is 0.0383. The summed E-state index contributed by atoms with van der Waals surface area (Å²) in [7, 11) is 0. The Hall–Kier alpha value is -2.89. The topological polar surface area (TPSA) is 127 Å². The fraction of sp³-hybridized carbons (Fsp3) is 0.222. The van der Waals surface area contributed by atoms with Gasteiger partial charge < -0.3 is 5.32 Å². The van der Waals surface area contributed by atoms with Crippen LogP contribution < -0.4 is 10.6 Å². The molecule has 30 heavy (non-hydrogen) atoms.